The fraction of sp³-hybridized carbons (Fsp3) is 0.118. The second-order valence-electron chi connectivity index (χ2n) is 5.43. The van der Waals surface area contributed by atoms with E-state index in [0.29, 0.717) is 34.3 Å². The Labute approximate surface area is 142 Å². The van der Waals surface area contributed by atoms with Crippen LogP contribution in [0.15, 0.2) is 47.2 Å². The minimum absolute atomic E-state index is 0.220. The first-order valence-electron chi connectivity index (χ1n) is 7.54. The Bertz CT molecular complexity index is 938. The Kier molecular flexibility index (Phi) is 3.70. The van der Waals surface area contributed by atoms with Gasteiger partial charge in [-0.3, -0.25) is 9.78 Å². The number of aromatic nitrogens is 2. The summed E-state index contributed by atoms with van der Waals surface area (Å²) in [6.45, 7) is 1.97. The molecule has 1 amide bonds. The van der Waals surface area contributed by atoms with E-state index in [4.69, 9.17) is 14.0 Å². The molecule has 1 aromatic carbocycles. The average Bonchev–Trinajstić information content (AvgIpc) is 3.23. The molecule has 1 aliphatic heterocycles. The van der Waals surface area contributed by atoms with Crippen LogP contribution >= 0.6 is 0 Å². The highest BCUT2D eigenvalue weighted by Crippen LogP contribution is 2.35. The quantitative estimate of drug-likeness (QED) is 0.754. The van der Waals surface area contributed by atoms with Crippen molar-refractivity contribution in [3.63, 3.8) is 0 Å². The molecule has 1 aliphatic rings. The van der Waals surface area contributed by atoms with Gasteiger partial charge >= 0.3 is 0 Å². The van der Waals surface area contributed by atoms with Crippen LogP contribution in [0.2, 0.25) is 0 Å². The second-order valence-corrected chi connectivity index (χ2v) is 5.43. The van der Waals surface area contributed by atoms with Crippen LogP contribution in [0.1, 0.15) is 16.1 Å². The van der Waals surface area contributed by atoms with Crippen molar-refractivity contribution >= 4 is 23.1 Å². The number of hydrogen-bond donors (Lipinski definition) is 2. The maximum absolute atomic E-state index is 12.3. The van der Waals surface area contributed by atoms with Gasteiger partial charge in [0.15, 0.2) is 17.3 Å². The van der Waals surface area contributed by atoms with Gasteiger partial charge in [0.25, 0.3) is 5.91 Å². The van der Waals surface area contributed by atoms with Crippen molar-refractivity contribution in [3.8, 4) is 11.5 Å². The van der Waals surface area contributed by atoms with E-state index in [0.717, 1.165) is 5.69 Å². The van der Waals surface area contributed by atoms with Crippen molar-refractivity contribution in [2.24, 2.45) is 0 Å². The molecule has 2 N–H and O–H groups in total. The molecule has 0 bridgehead atoms. The molecule has 2 aromatic heterocycles. The highest BCUT2D eigenvalue weighted by atomic mass is 16.7. The molecule has 4 rings (SSSR count). The van der Waals surface area contributed by atoms with E-state index < -0.39 is 0 Å². The molecule has 3 heterocycles. The lowest BCUT2D eigenvalue weighted by atomic mass is 10.2. The SMILES string of the molecule is Cc1cc(NC(=O)c2cncc(Nc3ccc4c(c3)OCO4)c2)no1. The van der Waals surface area contributed by atoms with Gasteiger partial charge in [-0.2, -0.15) is 0 Å². The molecule has 0 unspecified atom stereocenters. The topological polar surface area (TPSA) is 98.5 Å². The summed E-state index contributed by atoms with van der Waals surface area (Å²) in [5, 5.41) is 9.58. The van der Waals surface area contributed by atoms with Crippen molar-refractivity contribution in [2.45, 2.75) is 6.92 Å². The molecular formula is C17H14N4O4. The lowest BCUT2D eigenvalue weighted by Crippen LogP contribution is -2.12. The Morgan fingerprint density at radius 1 is 1.08 bits per heavy atom. The van der Waals surface area contributed by atoms with E-state index in [1.807, 2.05) is 18.2 Å². The Hall–Kier alpha value is -3.55. The summed E-state index contributed by atoms with van der Waals surface area (Å²) in [5.74, 6) is 2.03. The number of carbonyl (C=O) groups excluding carboxylic acids is 1. The Balaban J connectivity index is 1.50. The molecule has 0 saturated heterocycles. The summed E-state index contributed by atoms with van der Waals surface area (Å²) in [6, 6.07) is 8.84. The van der Waals surface area contributed by atoms with Gasteiger partial charge in [-0.1, -0.05) is 5.16 Å². The van der Waals surface area contributed by atoms with Crippen LogP contribution < -0.4 is 20.1 Å². The summed E-state index contributed by atoms with van der Waals surface area (Å²) in [7, 11) is 0. The fourth-order valence-corrected chi connectivity index (χ4v) is 2.39. The van der Waals surface area contributed by atoms with Gasteiger partial charge < -0.3 is 24.6 Å². The van der Waals surface area contributed by atoms with Crippen molar-refractivity contribution in [3.05, 3.63) is 54.0 Å². The first-order chi connectivity index (χ1) is 12.2. The third-order valence-corrected chi connectivity index (χ3v) is 3.53. The minimum Gasteiger partial charge on any atom is -0.454 e. The predicted octanol–water partition coefficient (Wildman–Crippen LogP) is 3.10. The third kappa shape index (κ3) is 3.23. The first-order valence-corrected chi connectivity index (χ1v) is 7.54. The molecule has 8 heteroatoms. The molecule has 0 fully saturated rings. The van der Waals surface area contributed by atoms with Gasteiger partial charge in [-0.15, -0.1) is 0 Å². The number of pyridine rings is 1. The van der Waals surface area contributed by atoms with E-state index >= 15 is 0 Å². The molecule has 0 spiro atoms. The number of ether oxygens (including phenoxy) is 2. The van der Waals surface area contributed by atoms with Crippen LogP contribution in [0.3, 0.4) is 0 Å². The molecule has 0 radical (unpaired) electrons. The van der Waals surface area contributed by atoms with Crippen molar-refractivity contribution < 1.29 is 18.8 Å². The van der Waals surface area contributed by atoms with E-state index in [9.17, 15) is 4.79 Å². The van der Waals surface area contributed by atoms with Crippen LogP contribution in [-0.2, 0) is 0 Å². The van der Waals surface area contributed by atoms with E-state index in [1.54, 1.807) is 25.3 Å². The molecule has 25 heavy (non-hydrogen) atoms. The summed E-state index contributed by atoms with van der Waals surface area (Å²) in [6.07, 6.45) is 3.11. The lowest BCUT2D eigenvalue weighted by molar-refractivity contribution is 0.102. The number of hydrogen-bond acceptors (Lipinski definition) is 7. The van der Waals surface area contributed by atoms with E-state index in [-0.39, 0.29) is 12.7 Å². The van der Waals surface area contributed by atoms with Gasteiger partial charge in [0, 0.05) is 24.0 Å². The van der Waals surface area contributed by atoms with Crippen LogP contribution in [0.5, 0.6) is 11.5 Å². The normalized spacial score (nSPS) is 12.0. The van der Waals surface area contributed by atoms with Crippen molar-refractivity contribution in [2.75, 3.05) is 17.4 Å². The Morgan fingerprint density at radius 3 is 2.80 bits per heavy atom. The number of nitrogens with one attached hydrogen (secondary N) is 2. The number of anilines is 3. The largest absolute Gasteiger partial charge is 0.454 e. The van der Waals surface area contributed by atoms with E-state index in [2.05, 4.69) is 20.8 Å². The summed E-state index contributed by atoms with van der Waals surface area (Å²) < 4.78 is 15.6. The zero-order chi connectivity index (χ0) is 17.2. The molecule has 0 atom stereocenters. The van der Waals surface area contributed by atoms with Crippen LogP contribution in [-0.4, -0.2) is 22.8 Å². The van der Waals surface area contributed by atoms with Gasteiger partial charge in [-0.05, 0) is 25.1 Å². The van der Waals surface area contributed by atoms with Gasteiger partial charge in [-0.25, -0.2) is 0 Å². The smallest absolute Gasteiger partial charge is 0.258 e. The average molecular weight is 338 g/mol. The van der Waals surface area contributed by atoms with Crippen molar-refractivity contribution in [1.29, 1.82) is 0 Å². The molecule has 0 saturated carbocycles. The number of rotatable bonds is 4. The van der Waals surface area contributed by atoms with Gasteiger partial charge in [0.1, 0.15) is 5.76 Å². The molecule has 0 aliphatic carbocycles. The summed E-state index contributed by atoms with van der Waals surface area (Å²) >= 11 is 0. The monoisotopic (exact) mass is 338 g/mol. The van der Waals surface area contributed by atoms with Gasteiger partial charge in [0.2, 0.25) is 6.79 Å². The third-order valence-electron chi connectivity index (χ3n) is 3.53. The number of amides is 1. The molecule has 126 valence electrons. The van der Waals surface area contributed by atoms with Crippen LogP contribution in [0.25, 0.3) is 0 Å². The lowest BCUT2D eigenvalue weighted by Gasteiger charge is -2.08. The minimum atomic E-state index is -0.324. The standard InChI is InChI=1S/C17H14N4O4/c1-10-4-16(21-25-10)20-17(22)11-5-13(8-18-7-11)19-12-2-3-14-15(6-12)24-9-23-14/h2-8,19H,9H2,1H3,(H,20,21,22). The van der Waals surface area contributed by atoms with Gasteiger partial charge in [0.05, 0.1) is 17.4 Å². The predicted molar refractivity (Wildman–Crippen MR) is 89.3 cm³/mol. The molecular weight excluding hydrogens is 324 g/mol. The maximum Gasteiger partial charge on any atom is 0.258 e. The number of nitrogens with zero attached hydrogens (tertiary/aromatic N) is 2. The van der Waals surface area contributed by atoms with Crippen LogP contribution in [0, 0.1) is 6.92 Å². The number of benzene rings is 1. The molecule has 8 nitrogen and oxygen atoms in total. The van der Waals surface area contributed by atoms with Crippen LogP contribution in [0.4, 0.5) is 17.2 Å². The highest BCUT2D eigenvalue weighted by molar-refractivity contribution is 6.04. The summed E-state index contributed by atoms with van der Waals surface area (Å²) in [4.78, 5) is 16.4. The first kappa shape index (κ1) is 15.0. The maximum atomic E-state index is 12.3. The highest BCUT2D eigenvalue weighted by Gasteiger charge is 2.14. The zero-order valence-electron chi connectivity index (χ0n) is 13.3. The fourth-order valence-electron chi connectivity index (χ4n) is 2.39. The van der Waals surface area contributed by atoms with E-state index in [1.165, 1.54) is 6.20 Å². The zero-order valence-corrected chi connectivity index (χ0v) is 13.3. The number of aryl methyl sites for hydroxylation is 1. The van der Waals surface area contributed by atoms with Crippen molar-refractivity contribution in [1.82, 2.24) is 10.1 Å². The number of fused-ring (bicyclic) bond motifs is 1. The summed E-state index contributed by atoms with van der Waals surface area (Å²) in [5.41, 5.74) is 1.87. The second kappa shape index (κ2) is 6.16. The Morgan fingerprint density at radius 2 is 1.96 bits per heavy atom. The number of carbonyl (C=O) groups is 1. The molecule has 3 aromatic rings.